The molecule has 0 aliphatic carbocycles. The van der Waals surface area contributed by atoms with Crippen molar-refractivity contribution in [2.24, 2.45) is 0 Å². The lowest BCUT2D eigenvalue weighted by Crippen LogP contribution is -2.44. The summed E-state index contributed by atoms with van der Waals surface area (Å²) in [5, 5.41) is 9.17. The SMILES string of the molecule is CCC(O)[N+](C)(C)C.CC[N+](C)(C)C.[OH-].[OH-]. The first-order valence-electron chi connectivity index (χ1n) is 5.34. The first-order chi connectivity index (χ1) is 6.04. The molecule has 104 valence electrons. The van der Waals surface area contributed by atoms with Gasteiger partial charge in [0, 0.05) is 6.42 Å². The van der Waals surface area contributed by atoms with Crippen LogP contribution in [0.25, 0.3) is 0 Å². The largest absolute Gasteiger partial charge is 0.870 e. The number of nitrogens with zero attached hydrogens (tertiary/aromatic N) is 2. The Morgan fingerprint density at radius 1 is 0.875 bits per heavy atom. The van der Waals surface area contributed by atoms with E-state index in [1.165, 1.54) is 6.54 Å². The third-order valence-electron chi connectivity index (χ3n) is 2.21. The van der Waals surface area contributed by atoms with Crippen molar-refractivity contribution in [2.75, 3.05) is 48.8 Å². The van der Waals surface area contributed by atoms with Gasteiger partial charge in [0.15, 0.2) is 6.23 Å². The van der Waals surface area contributed by atoms with Crippen molar-refractivity contribution in [1.82, 2.24) is 0 Å². The van der Waals surface area contributed by atoms with Crippen molar-refractivity contribution in [1.29, 1.82) is 0 Å². The minimum atomic E-state index is -0.213. The van der Waals surface area contributed by atoms with Crippen LogP contribution in [-0.4, -0.2) is 80.1 Å². The summed E-state index contributed by atoms with van der Waals surface area (Å²) in [6.45, 7) is 5.37. The van der Waals surface area contributed by atoms with Gasteiger partial charge in [-0.3, -0.25) is 0 Å². The number of rotatable bonds is 3. The van der Waals surface area contributed by atoms with Crippen LogP contribution in [0.1, 0.15) is 20.3 Å². The fourth-order valence-corrected chi connectivity index (χ4v) is 0.548. The Morgan fingerprint density at radius 2 is 1.12 bits per heavy atom. The van der Waals surface area contributed by atoms with Gasteiger partial charge in [-0.05, 0) is 6.92 Å². The van der Waals surface area contributed by atoms with Gasteiger partial charge in [0.1, 0.15) is 0 Å². The summed E-state index contributed by atoms with van der Waals surface area (Å²) < 4.78 is 1.70. The Kier molecular flexibility index (Phi) is 15.5. The van der Waals surface area contributed by atoms with E-state index >= 15 is 0 Å². The van der Waals surface area contributed by atoms with E-state index in [4.69, 9.17) is 5.11 Å². The zero-order valence-corrected chi connectivity index (χ0v) is 12.2. The molecule has 0 aliphatic rings. The predicted octanol–water partition coefficient (Wildman–Crippen LogP) is 0.780. The van der Waals surface area contributed by atoms with Crippen molar-refractivity contribution in [3.63, 3.8) is 0 Å². The first kappa shape index (κ1) is 24.9. The Labute approximate surface area is 101 Å². The molecule has 0 aliphatic heterocycles. The zero-order chi connectivity index (χ0) is 12.0. The highest BCUT2D eigenvalue weighted by Crippen LogP contribution is 2.01. The van der Waals surface area contributed by atoms with Crippen LogP contribution in [-0.2, 0) is 0 Å². The second-order valence-corrected chi connectivity index (χ2v) is 5.61. The minimum Gasteiger partial charge on any atom is -0.870 e. The maximum absolute atomic E-state index is 9.17. The third-order valence-corrected chi connectivity index (χ3v) is 2.21. The van der Waals surface area contributed by atoms with Gasteiger partial charge in [-0.1, -0.05) is 6.92 Å². The average molecular weight is 240 g/mol. The molecule has 5 heteroatoms. The van der Waals surface area contributed by atoms with E-state index in [9.17, 15) is 0 Å². The smallest absolute Gasteiger partial charge is 0.189 e. The molecule has 5 nitrogen and oxygen atoms in total. The van der Waals surface area contributed by atoms with Crippen molar-refractivity contribution in [2.45, 2.75) is 26.5 Å². The van der Waals surface area contributed by atoms with Crippen LogP contribution in [0.2, 0.25) is 0 Å². The van der Waals surface area contributed by atoms with Gasteiger partial charge in [-0.25, -0.2) is 0 Å². The van der Waals surface area contributed by atoms with Crippen LogP contribution in [0.3, 0.4) is 0 Å². The van der Waals surface area contributed by atoms with Gasteiger partial charge in [-0.2, -0.15) is 0 Å². The zero-order valence-electron chi connectivity index (χ0n) is 12.2. The third kappa shape index (κ3) is 19.4. The molecule has 0 amide bonds. The van der Waals surface area contributed by atoms with Crippen molar-refractivity contribution in [3.05, 3.63) is 0 Å². The summed E-state index contributed by atoms with van der Waals surface area (Å²) in [6, 6.07) is 0. The quantitative estimate of drug-likeness (QED) is 0.585. The van der Waals surface area contributed by atoms with Crippen LogP contribution in [0.15, 0.2) is 0 Å². The highest BCUT2D eigenvalue weighted by molar-refractivity contribution is 4.30. The molecule has 0 fully saturated rings. The van der Waals surface area contributed by atoms with E-state index < -0.39 is 0 Å². The summed E-state index contributed by atoms with van der Waals surface area (Å²) in [7, 11) is 12.5. The topological polar surface area (TPSA) is 80.2 Å². The summed E-state index contributed by atoms with van der Waals surface area (Å²) in [5.41, 5.74) is 0. The molecule has 0 bridgehead atoms. The number of aliphatic hydroxyl groups is 1. The molecule has 0 rings (SSSR count). The van der Waals surface area contributed by atoms with Gasteiger partial charge in [0.2, 0.25) is 0 Å². The average Bonchev–Trinajstić information content (AvgIpc) is 2.01. The van der Waals surface area contributed by atoms with Crippen molar-refractivity contribution >= 4 is 0 Å². The molecule has 1 atom stereocenters. The fourth-order valence-electron chi connectivity index (χ4n) is 0.548. The molecule has 3 N–H and O–H groups in total. The molecule has 16 heavy (non-hydrogen) atoms. The molecular weight excluding hydrogens is 208 g/mol. The Bertz CT molecular complexity index is 139. The normalized spacial score (nSPS) is 12.6. The number of aliphatic hydroxyl groups excluding tert-OH is 1. The lowest BCUT2D eigenvalue weighted by atomic mass is 10.4. The molecule has 0 aromatic carbocycles. The van der Waals surface area contributed by atoms with Crippen LogP contribution >= 0.6 is 0 Å². The van der Waals surface area contributed by atoms with Crippen LogP contribution in [0.4, 0.5) is 0 Å². The number of hydrogen-bond acceptors (Lipinski definition) is 3. The molecule has 1 unspecified atom stereocenters. The predicted molar refractivity (Wildman–Crippen MR) is 66.8 cm³/mol. The van der Waals surface area contributed by atoms with E-state index in [0.717, 1.165) is 10.9 Å². The van der Waals surface area contributed by atoms with Crippen LogP contribution < -0.4 is 0 Å². The molecular formula is C11H32N2O3. The maximum atomic E-state index is 9.17. The number of hydrogen-bond donors (Lipinski definition) is 1. The Morgan fingerprint density at radius 3 is 1.12 bits per heavy atom. The summed E-state index contributed by atoms with van der Waals surface area (Å²) in [6.07, 6.45) is 0.610. The monoisotopic (exact) mass is 240 g/mol. The Balaban J connectivity index is -0.0000000825. The summed E-state index contributed by atoms with van der Waals surface area (Å²) in [5.74, 6) is 0. The van der Waals surface area contributed by atoms with Crippen molar-refractivity contribution < 1.29 is 25.0 Å². The molecule has 0 aromatic rings. The summed E-state index contributed by atoms with van der Waals surface area (Å²) in [4.78, 5) is 0. The Hall–Kier alpha value is -0.200. The second-order valence-electron chi connectivity index (χ2n) is 5.61. The van der Waals surface area contributed by atoms with E-state index in [1.54, 1.807) is 0 Å². The number of quaternary nitrogens is 2. The lowest BCUT2D eigenvalue weighted by Gasteiger charge is -2.28. The fraction of sp³-hybridized carbons (Fsp3) is 1.00. The van der Waals surface area contributed by atoms with Crippen molar-refractivity contribution in [3.8, 4) is 0 Å². The minimum absolute atomic E-state index is 0. The highest BCUT2D eigenvalue weighted by Gasteiger charge is 2.16. The molecule has 0 heterocycles. The highest BCUT2D eigenvalue weighted by atomic mass is 16.3. The van der Waals surface area contributed by atoms with Gasteiger partial charge < -0.3 is 25.0 Å². The van der Waals surface area contributed by atoms with E-state index in [0.29, 0.717) is 4.48 Å². The van der Waals surface area contributed by atoms with E-state index in [-0.39, 0.29) is 17.2 Å². The molecule has 0 spiro atoms. The standard InChI is InChI=1S/C6H16NO.C5H14N.2H2O/c1-5-6(8)7(2,3)4;1-5-6(2,3)4;;/h6,8H,5H2,1-4H3;5H2,1-4H3;2*1H2/q2*+1;;/p-2. The molecule has 0 radical (unpaired) electrons. The van der Waals surface area contributed by atoms with Crippen LogP contribution in [0, 0.1) is 0 Å². The molecule has 0 saturated heterocycles. The van der Waals surface area contributed by atoms with Gasteiger partial charge in [0.25, 0.3) is 0 Å². The van der Waals surface area contributed by atoms with E-state index in [2.05, 4.69) is 28.1 Å². The van der Waals surface area contributed by atoms with E-state index in [1.807, 2.05) is 28.1 Å². The second kappa shape index (κ2) is 9.99. The maximum Gasteiger partial charge on any atom is 0.189 e. The van der Waals surface area contributed by atoms with Crippen LogP contribution in [0.5, 0.6) is 0 Å². The first-order valence-corrected chi connectivity index (χ1v) is 5.34. The lowest BCUT2D eigenvalue weighted by molar-refractivity contribution is -0.918. The van der Waals surface area contributed by atoms with Gasteiger partial charge in [-0.15, -0.1) is 0 Å². The molecule has 0 saturated carbocycles. The van der Waals surface area contributed by atoms with Gasteiger partial charge >= 0.3 is 0 Å². The molecule has 0 aromatic heterocycles. The van der Waals surface area contributed by atoms with Gasteiger partial charge in [0.05, 0.1) is 48.8 Å². The summed E-state index contributed by atoms with van der Waals surface area (Å²) >= 11 is 0.